The second kappa shape index (κ2) is 2.65. The van der Waals surface area contributed by atoms with E-state index in [-0.39, 0.29) is 5.92 Å². The molecule has 0 saturated carbocycles. The van der Waals surface area contributed by atoms with Crippen molar-refractivity contribution < 1.29 is 9.18 Å². The molecule has 0 aliphatic carbocycles. The number of alkyl halides is 2. The minimum Gasteiger partial charge on any atom is -0.294 e. The Morgan fingerprint density at radius 2 is 2.00 bits per heavy atom. The lowest BCUT2D eigenvalue weighted by Gasteiger charge is -2.11. The lowest BCUT2D eigenvalue weighted by molar-refractivity contribution is -0.128. The topological polar surface area (TPSA) is 17.1 Å². The first-order valence-electron chi connectivity index (χ1n) is 2.78. The average Bonchev–Trinajstić information content (AvgIpc) is 1.62. The van der Waals surface area contributed by atoms with E-state index >= 15 is 0 Å². The normalized spacial score (nSPS) is 17.6. The Kier molecular flexibility index (Phi) is 2.62. The summed E-state index contributed by atoms with van der Waals surface area (Å²) in [5.41, 5.74) is 0. The first kappa shape index (κ1) is 8.89. The molecule has 0 N–H and O–H groups in total. The number of hydrogen-bond donors (Lipinski definition) is 0. The van der Waals surface area contributed by atoms with Crippen LogP contribution in [0.25, 0.3) is 0 Å². The predicted octanol–water partition coefficient (Wildman–Crippen LogP) is 2.14. The summed E-state index contributed by atoms with van der Waals surface area (Å²) in [5.74, 6) is -0.901. The van der Waals surface area contributed by atoms with E-state index in [2.05, 4.69) is 0 Å². The molecule has 0 aromatic heterocycles. The number of carbonyl (C=O) groups excluding carboxylic acids is 1. The Labute approximate surface area is 59.2 Å². The summed E-state index contributed by atoms with van der Waals surface area (Å²) in [7, 11) is 0. The molecule has 1 unspecified atom stereocenters. The summed E-state index contributed by atoms with van der Waals surface area (Å²) in [5, 5.41) is -2.19. The third-order valence-corrected chi connectivity index (χ3v) is 1.14. The molecule has 0 bridgehead atoms. The summed E-state index contributed by atoms with van der Waals surface area (Å²) in [4.78, 5) is 10.7. The van der Waals surface area contributed by atoms with Gasteiger partial charge in [0.2, 0.25) is 5.13 Å². The standard InChI is InChI=1S/C6H10ClFO/c1-4(2)5(9)6(3,7)8/h4H,1-3H3. The van der Waals surface area contributed by atoms with Crippen LogP contribution in [0.5, 0.6) is 0 Å². The van der Waals surface area contributed by atoms with E-state index in [1.165, 1.54) is 0 Å². The van der Waals surface area contributed by atoms with Gasteiger partial charge < -0.3 is 0 Å². The van der Waals surface area contributed by atoms with Crippen LogP contribution >= 0.6 is 11.6 Å². The summed E-state index contributed by atoms with van der Waals surface area (Å²) in [6.45, 7) is 4.28. The Bertz CT molecular complexity index is 115. The molecule has 1 nitrogen and oxygen atoms in total. The molecule has 0 aliphatic heterocycles. The van der Waals surface area contributed by atoms with E-state index in [0.29, 0.717) is 0 Å². The van der Waals surface area contributed by atoms with Gasteiger partial charge in [0, 0.05) is 5.92 Å². The van der Waals surface area contributed by atoms with Crippen molar-refractivity contribution in [1.82, 2.24) is 0 Å². The maximum Gasteiger partial charge on any atom is 0.238 e. The van der Waals surface area contributed by atoms with Gasteiger partial charge in [0.05, 0.1) is 0 Å². The van der Waals surface area contributed by atoms with Gasteiger partial charge >= 0.3 is 0 Å². The van der Waals surface area contributed by atoms with Crippen molar-refractivity contribution in [1.29, 1.82) is 0 Å². The van der Waals surface area contributed by atoms with Crippen molar-refractivity contribution in [2.45, 2.75) is 25.9 Å². The van der Waals surface area contributed by atoms with Crippen molar-refractivity contribution in [3.05, 3.63) is 0 Å². The number of rotatable bonds is 2. The fraction of sp³-hybridized carbons (Fsp3) is 0.833. The minimum absolute atomic E-state index is 0.336. The van der Waals surface area contributed by atoms with Gasteiger partial charge in [0.1, 0.15) is 0 Å². The summed E-state index contributed by atoms with van der Waals surface area (Å²) in [6.07, 6.45) is 0. The van der Waals surface area contributed by atoms with Crippen LogP contribution in [0.2, 0.25) is 0 Å². The molecule has 3 heteroatoms. The monoisotopic (exact) mass is 152 g/mol. The summed E-state index contributed by atoms with van der Waals surface area (Å²) < 4.78 is 12.4. The number of hydrogen-bond acceptors (Lipinski definition) is 1. The fourth-order valence-corrected chi connectivity index (χ4v) is 0.725. The van der Waals surface area contributed by atoms with Crippen LogP contribution < -0.4 is 0 Å². The average molecular weight is 153 g/mol. The van der Waals surface area contributed by atoms with Crippen LogP contribution in [0.3, 0.4) is 0 Å². The van der Waals surface area contributed by atoms with E-state index in [1.807, 2.05) is 0 Å². The lowest BCUT2D eigenvalue weighted by atomic mass is 10.1. The molecule has 0 saturated heterocycles. The van der Waals surface area contributed by atoms with E-state index < -0.39 is 10.9 Å². The van der Waals surface area contributed by atoms with Crippen LogP contribution in [-0.4, -0.2) is 10.9 Å². The highest BCUT2D eigenvalue weighted by Gasteiger charge is 2.31. The zero-order valence-corrected chi connectivity index (χ0v) is 6.50. The van der Waals surface area contributed by atoms with E-state index in [1.54, 1.807) is 13.8 Å². The number of carbonyl (C=O) groups is 1. The van der Waals surface area contributed by atoms with Crippen LogP contribution in [-0.2, 0) is 4.79 Å². The number of halogens is 2. The van der Waals surface area contributed by atoms with Crippen molar-refractivity contribution in [3.8, 4) is 0 Å². The van der Waals surface area contributed by atoms with Gasteiger partial charge in [-0.25, -0.2) is 4.39 Å². The van der Waals surface area contributed by atoms with Crippen molar-refractivity contribution >= 4 is 17.4 Å². The molecule has 0 aliphatic rings. The molecule has 54 valence electrons. The predicted molar refractivity (Wildman–Crippen MR) is 35.2 cm³/mol. The molecule has 0 aromatic rings. The molecular formula is C6H10ClFO. The SMILES string of the molecule is CC(C)C(=O)C(C)(F)Cl. The van der Waals surface area contributed by atoms with Crippen LogP contribution in [0.1, 0.15) is 20.8 Å². The highest BCUT2D eigenvalue weighted by atomic mass is 35.5. The van der Waals surface area contributed by atoms with Crippen LogP contribution in [0.15, 0.2) is 0 Å². The van der Waals surface area contributed by atoms with E-state index in [0.717, 1.165) is 6.92 Å². The van der Waals surface area contributed by atoms with Gasteiger partial charge in [-0.05, 0) is 6.92 Å². The smallest absolute Gasteiger partial charge is 0.238 e. The second-order valence-electron chi connectivity index (χ2n) is 2.41. The minimum atomic E-state index is -2.19. The van der Waals surface area contributed by atoms with Crippen LogP contribution in [0.4, 0.5) is 4.39 Å². The quantitative estimate of drug-likeness (QED) is 0.554. The maximum absolute atomic E-state index is 12.4. The van der Waals surface area contributed by atoms with Gasteiger partial charge in [0.25, 0.3) is 0 Å². The Balaban J connectivity index is 4.06. The van der Waals surface area contributed by atoms with Gasteiger partial charge in [-0.2, -0.15) is 0 Å². The number of ketones is 1. The lowest BCUT2D eigenvalue weighted by Crippen LogP contribution is -2.27. The van der Waals surface area contributed by atoms with Gasteiger partial charge in [-0.1, -0.05) is 25.4 Å². The van der Waals surface area contributed by atoms with E-state index in [9.17, 15) is 9.18 Å². The molecule has 0 aromatic carbocycles. The van der Waals surface area contributed by atoms with Gasteiger partial charge in [-0.3, -0.25) is 4.79 Å². The molecule has 0 heterocycles. The second-order valence-corrected chi connectivity index (χ2v) is 3.12. The molecule has 1 atom stereocenters. The van der Waals surface area contributed by atoms with Gasteiger partial charge in [-0.15, -0.1) is 0 Å². The number of Topliss-reactive ketones (excluding diaryl/α,β-unsaturated/α-hetero) is 1. The van der Waals surface area contributed by atoms with E-state index in [4.69, 9.17) is 11.6 Å². The molecule has 0 rings (SSSR count). The zero-order chi connectivity index (χ0) is 7.65. The fourth-order valence-electron chi connectivity index (χ4n) is 0.507. The molecule has 9 heavy (non-hydrogen) atoms. The summed E-state index contributed by atoms with van der Waals surface area (Å²) >= 11 is 5.06. The third-order valence-electron chi connectivity index (χ3n) is 0.957. The maximum atomic E-state index is 12.4. The van der Waals surface area contributed by atoms with Crippen molar-refractivity contribution in [2.75, 3.05) is 0 Å². The molecule has 0 spiro atoms. The molecule has 0 amide bonds. The highest BCUT2D eigenvalue weighted by Crippen LogP contribution is 2.20. The van der Waals surface area contributed by atoms with Crippen LogP contribution in [0, 0.1) is 5.92 Å². The highest BCUT2D eigenvalue weighted by molar-refractivity contribution is 6.33. The summed E-state index contributed by atoms with van der Waals surface area (Å²) in [6, 6.07) is 0. The first-order valence-corrected chi connectivity index (χ1v) is 3.15. The molecule has 0 fully saturated rings. The first-order chi connectivity index (χ1) is 3.85. The Morgan fingerprint density at radius 1 is 1.67 bits per heavy atom. The van der Waals surface area contributed by atoms with Crippen molar-refractivity contribution in [3.63, 3.8) is 0 Å². The van der Waals surface area contributed by atoms with Crippen molar-refractivity contribution in [2.24, 2.45) is 5.92 Å². The van der Waals surface area contributed by atoms with Gasteiger partial charge in [0.15, 0.2) is 5.78 Å². The Morgan fingerprint density at radius 3 is 2.00 bits per heavy atom. The molecular weight excluding hydrogens is 143 g/mol. The Hall–Kier alpha value is -0.110. The zero-order valence-electron chi connectivity index (χ0n) is 5.74. The molecule has 0 radical (unpaired) electrons. The largest absolute Gasteiger partial charge is 0.294 e. The third kappa shape index (κ3) is 2.80.